The van der Waals surface area contributed by atoms with Crippen molar-refractivity contribution >= 4 is 24.3 Å². The summed E-state index contributed by atoms with van der Waals surface area (Å²) in [5, 5.41) is 0. The summed E-state index contributed by atoms with van der Waals surface area (Å²) >= 11 is 0. The molecule has 0 fully saturated rings. The SMILES string of the molecule is FC(F)(F)Oc1cccc(C=Cc2ccc(C=Cc3cccc(OC(F)(F)F)c3)cc2)c1. The molecule has 0 spiro atoms. The number of rotatable bonds is 6. The van der Waals surface area contributed by atoms with E-state index in [1.165, 1.54) is 36.4 Å². The highest BCUT2D eigenvalue weighted by molar-refractivity contribution is 5.73. The standard InChI is InChI=1S/C24H16F6O2/c25-23(26,27)31-21-5-1-3-19(15-21)13-11-17-7-9-18(10-8-17)12-14-20-4-2-6-22(16-20)32-24(28,29)30/h1-16H. The number of alkyl halides is 6. The van der Waals surface area contributed by atoms with Crippen LogP contribution in [0.5, 0.6) is 11.5 Å². The van der Waals surface area contributed by atoms with Crippen LogP contribution in [0, 0.1) is 0 Å². The van der Waals surface area contributed by atoms with Crippen molar-refractivity contribution in [2.24, 2.45) is 0 Å². The second kappa shape index (κ2) is 9.64. The number of hydrogen-bond donors (Lipinski definition) is 0. The zero-order valence-electron chi connectivity index (χ0n) is 16.3. The van der Waals surface area contributed by atoms with Crippen molar-refractivity contribution in [3.63, 3.8) is 0 Å². The highest BCUT2D eigenvalue weighted by Gasteiger charge is 2.31. The molecule has 0 aliphatic carbocycles. The first-order valence-corrected chi connectivity index (χ1v) is 9.24. The minimum Gasteiger partial charge on any atom is -0.406 e. The van der Waals surface area contributed by atoms with Crippen LogP contribution in [0.3, 0.4) is 0 Å². The Bertz CT molecular complexity index is 1010. The molecular formula is C24H16F6O2. The normalized spacial score (nSPS) is 12.4. The van der Waals surface area contributed by atoms with Gasteiger partial charge in [-0.2, -0.15) is 0 Å². The monoisotopic (exact) mass is 450 g/mol. The van der Waals surface area contributed by atoms with Crippen LogP contribution >= 0.6 is 0 Å². The fourth-order valence-electron chi connectivity index (χ4n) is 2.73. The van der Waals surface area contributed by atoms with Crippen LogP contribution in [0.2, 0.25) is 0 Å². The van der Waals surface area contributed by atoms with Crippen molar-refractivity contribution in [2.75, 3.05) is 0 Å². The Morgan fingerprint density at radius 3 is 1.16 bits per heavy atom. The second-order valence-electron chi connectivity index (χ2n) is 6.57. The quantitative estimate of drug-likeness (QED) is 0.282. The molecule has 0 N–H and O–H groups in total. The van der Waals surface area contributed by atoms with E-state index in [4.69, 9.17) is 0 Å². The first kappa shape index (κ1) is 23.0. The molecule has 0 bridgehead atoms. The van der Waals surface area contributed by atoms with Crippen molar-refractivity contribution in [3.8, 4) is 11.5 Å². The van der Waals surface area contributed by atoms with Gasteiger partial charge in [-0.15, -0.1) is 26.3 Å². The van der Waals surface area contributed by atoms with Gasteiger partial charge in [-0.3, -0.25) is 0 Å². The number of benzene rings is 3. The zero-order chi connectivity index (χ0) is 23.2. The molecule has 0 saturated heterocycles. The predicted octanol–water partition coefficient (Wildman–Crippen LogP) is 7.82. The van der Waals surface area contributed by atoms with E-state index in [0.29, 0.717) is 11.1 Å². The molecule has 3 rings (SSSR count). The summed E-state index contributed by atoms with van der Waals surface area (Å²) in [6.45, 7) is 0. The second-order valence-corrected chi connectivity index (χ2v) is 6.57. The van der Waals surface area contributed by atoms with Gasteiger partial charge in [0.25, 0.3) is 0 Å². The van der Waals surface area contributed by atoms with E-state index in [1.807, 2.05) is 0 Å². The van der Waals surface area contributed by atoms with Gasteiger partial charge in [0.05, 0.1) is 0 Å². The Hall–Kier alpha value is -3.68. The zero-order valence-corrected chi connectivity index (χ0v) is 16.3. The molecule has 0 atom stereocenters. The van der Waals surface area contributed by atoms with Crippen LogP contribution in [0.1, 0.15) is 22.3 Å². The van der Waals surface area contributed by atoms with Gasteiger partial charge in [-0.05, 0) is 46.5 Å². The first-order valence-electron chi connectivity index (χ1n) is 9.24. The minimum absolute atomic E-state index is 0.301. The summed E-state index contributed by atoms with van der Waals surface area (Å²) in [4.78, 5) is 0. The highest BCUT2D eigenvalue weighted by atomic mass is 19.4. The summed E-state index contributed by atoms with van der Waals surface area (Å²) in [6, 6.07) is 18.4. The maximum atomic E-state index is 12.3. The summed E-state index contributed by atoms with van der Waals surface area (Å²) in [5.41, 5.74) is 2.70. The fourth-order valence-corrected chi connectivity index (χ4v) is 2.73. The summed E-state index contributed by atoms with van der Waals surface area (Å²) in [5.74, 6) is -0.602. The third kappa shape index (κ3) is 7.86. The Morgan fingerprint density at radius 2 is 0.812 bits per heavy atom. The molecule has 0 aromatic heterocycles. The van der Waals surface area contributed by atoms with Crippen LogP contribution < -0.4 is 9.47 Å². The number of ether oxygens (including phenoxy) is 2. The van der Waals surface area contributed by atoms with Gasteiger partial charge in [0, 0.05) is 0 Å². The van der Waals surface area contributed by atoms with Crippen LogP contribution in [-0.2, 0) is 0 Å². The number of hydrogen-bond acceptors (Lipinski definition) is 2. The molecule has 0 amide bonds. The van der Waals surface area contributed by atoms with E-state index in [-0.39, 0.29) is 11.5 Å². The van der Waals surface area contributed by atoms with E-state index >= 15 is 0 Å². The molecule has 32 heavy (non-hydrogen) atoms. The molecule has 3 aromatic carbocycles. The molecule has 0 radical (unpaired) electrons. The van der Waals surface area contributed by atoms with Crippen LogP contribution in [0.15, 0.2) is 72.8 Å². The largest absolute Gasteiger partial charge is 0.573 e. The topological polar surface area (TPSA) is 18.5 Å². The van der Waals surface area contributed by atoms with Gasteiger partial charge in [0.1, 0.15) is 11.5 Å². The maximum absolute atomic E-state index is 12.3. The van der Waals surface area contributed by atoms with E-state index in [9.17, 15) is 26.3 Å². The van der Waals surface area contributed by atoms with E-state index < -0.39 is 12.7 Å². The van der Waals surface area contributed by atoms with Gasteiger partial charge < -0.3 is 9.47 Å². The van der Waals surface area contributed by atoms with Gasteiger partial charge in [0.2, 0.25) is 0 Å². The number of halogens is 6. The lowest BCUT2D eigenvalue weighted by Crippen LogP contribution is -2.17. The Morgan fingerprint density at radius 1 is 0.469 bits per heavy atom. The van der Waals surface area contributed by atoms with E-state index in [2.05, 4.69) is 9.47 Å². The van der Waals surface area contributed by atoms with Gasteiger partial charge in [0.15, 0.2) is 0 Å². The van der Waals surface area contributed by atoms with Gasteiger partial charge >= 0.3 is 12.7 Å². The average molecular weight is 450 g/mol. The van der Waals surface area contributed by atoms with Crippen LogP contribution in [0.4, 0.5) is 26.3 Å². The Labute approximate surface area is 180 Å². The Balaban J connectivity index is 1.64. The molecule has 0 heterocycles. The van der Waals surface area contributed by atoms with Crippen LogP contribution in [0.25, 0.3) is 24.3 Å². The molecule has 3 aromatic rings. The van der Waals surface area contributed by atoms with Gasteiger partial charge in [-0.25, -0.2) is 0 Å². The van der Waals surface area contributed by atoms with Crippen molar-refractivity contribution in [2.45, 2.75) is 12.7 Å². The maximum Gasteiger partial charge on any atom is 0.573 e. The highest BCUT2D eigenvalue weighted by Crippen LogP contribution is 2.25. The summed E-state index contributed by atoms with van der Waals surface area (Å²) < 4.78 is 81.7. The predicted molar refractivity (Wildman–Crippen MR) is 111 cm³/mol. The van der Waals surface area contributed by atoms with Crippen molar-refractivity contribution in [3.05, 3.63) is 95.1 Å². The molecule has 0 saturated carbocycles. The third-order valence-corrected chi connectivity index (χ3v) is 4.06. The lowest BCUT2D eigenvalue weighted by molar-refractivity contribution is -0.275. The van der Waals surface area contributed by atoms with Gasteiger partial charge in [-0.1, -0.05) is 72.8 Å². The van der Waals surface area contributed by atoms with Crippen LogP contribution in [-0.4, -0.2) is 12.7 Å². The molecule has 8 heteroatoms. The van der Waals surface area contributed by atoms with Crippen molar-refractivity contribution < 1.29 is 35.8 Å². The molecule has 2 nitrogen and oxygen atoms in total. The lowest BCUT2D eigenvalue weighted by Gasteiger charge is -2.09. The molecule has 0 aliphatic heterocycles. The van der Waals surface area contributed by atoms with Crippen molar-refractivity contribution in [1.29, 1.82) is 0 Å². The molecule has 0 unspecified atom stereocenters. The van der Waals surface area contributed by atoms with E-state index in [1.54, 1.807) is 60.7 Å². The minimum atomic E-state index is -4.75. The summed E-state index contributed by atoms with van der Waals surface area (Å²) in [7, 11) is 0. The van der Waals surface area contributed by atoms with E-state index in [0.717, 1.165) is 11.1 Å². The smallest absolute Gasteiger partial charge is 0.406 e. The third-order valence-electron chi connectivity index (χ3n) is 4.06. The lowest BCUT2D eigenvalue weighted by atomic mass is 10.1. The summed E-state index contributed by atoms with van der Waals surface area (Å²) in [6.07, 6.45) is -2.73. The fraction of sp³-hybridized carbons (Fsp3) is 0.0833. The first-order chi connectivity index (χ1) is 15.1. The molecule has 0 aliphatic rings. The molecule has 166 valence electrons. The Kier molecular flexibility index (Phi) is 6.92. The average Bonchev–Trinajstić information content (AvgIpc) is 2.69. The van der Waals surface area contributed by atoms with Crippen molar-refractivity contribution in [1.82, 2.24) is 0 Å². The molecular weight excluding hydrogens is 434 g/mol.